The molecular formula is C14H23N3O3. The van der Waals surface area contributed by atoms with Gasteiger partial charge in [0.1, 0.15) is 0 Å². The molecule has 1 rings (SSSR count). The lowest BCUT2D eigenvalue weighted by molar-refractivity contribution is 0.171. The third-order valence-corrected chi connectivity index (χ3v) is 2.84. The number of carbonyl (C=O) groups is 1. The molecule has 0 saturated heterocycles. The number of hydrogen-bond acceptors (Lipinski definition) is 4. The Bertz CT molecular complexity index is 407. The van der Waals surface area contributed by atoms with Crippen LogP contribution in [0.15, 0.2) is 24.3 Å². The van der Waals surface area contributed by atoms with Crippen molar-refractivity contribution in [3.05, 3.63) is 29.8 Å². The summed E-state index contributed by atoms with van der Waals surface area (Å²) in [5.41, 5.74) is 1.83. The van der Waals surface area contributed by atoms with E-state index < -0.39 is 6.10 Å². The number of amides is 2. The fraction of sp³-hybridized carbons (Fsp3) is 0.500. The largest absolute Gasteiger partial charge is 0.387 e. The number of nitrogens with one attached hydrogen (secondary N) is 2. The number of methoxy groups -OCH3 is 1. The number of hydrogen-bond donors (Lipinski definition) is 3. The molecule has 0 bridgehead atoms. The van der Waals surface area contributed by atoms with Crippen molar-refractivity contribution in [1.82, 2.24) is 10.6 Å². The van der Waals surface area contributed by atoms with Crippen molar-refractivity contribution in [1.29, 1.82) is 0 Å². The zero-order chi connectivity index (χ0) is 15.0. The fourth-order valence-corrected chi connectivity index (χ4v) is 1.63. The smallest absolute Gasteiger partial charge is 0.314 e. The average molecular weight is 281 g/mol. The van der Waals surface area contributed by atoms with Gasteiger partial charge in [-0.2, -0.15) is 0 Å². The van der Waals surface area contributed by atoms with E-state index in [0.717, 1.165) is 11.3 Å². The number of aliphatic hydroxyl groups excluding tert-OH is 1. The zero-order valence-electron chi connectivity index (χ0n) is 12.2. The molecule has 0 heterocycles. The minimum absolute atomic E-state index is 0.167. The number of nitrogens with zero attached hydrogens (tertiary/aromatic N) is 1. The number of anilines is 1. The molecule has 0 aromatic heterocycles. The second kappa shape index (κ2) is 8.39. The molecule has 0 spiro atoms. The maximum absolute atomic E-state index is 11.4. The van der Waals surface area contributed by atoms with E-state index in [0.29, 0.717) is 13.2 Å². The van der Waals surface area contributed by atoms with Gasteiger partial charge in [-0.25, -0.2) is 4.79 Å². The first-order valence-corrected chi connectivity index (χ1v) is 6.50. The molecule has 0 aliphatic carbocycles. The number of aliphatic hydroxyl groups is 1. The summed E-state index contributed by atoms with van der Waals surface area (Å²) in [4.78, 5) is 13.4. The summed E-state index contributed by atoms with van der Waals surface area (Å²) in [6.45, 7) is 1.07. The summed E-state index contributed by atoms with van der Waals surface area (Å²) in [5, 5.41) is 15.2. The molecular weight excluding hydrogens is 258 g/mol. The molecule has 3 N–H and O–H groups in total. The number of rotatable bonds is 7. The van der Waals surface area contributed by atoms with Crippen LogP contribution in [0.2, 0.25) is 0 Å². The minimum atomic E-state index is -0.723. The van der Waals surface area contributed by atoms with Crippen molar-refractivity contribution in [2.75, 3.05) is 45.8 Å². The Morgan fingerprint density at radius 1 is 1.30 bits per heavy atom. The van der Waals surface area contributed by atoms with Crippen LogP contribution in [-0.4, -0.2) is 52.0 Å². The molecule has 1 aromatic rings. The van der Waals surface area contributed by atoms with Crippen LogP contribution >= 0.6 is 0 Å². The molecule has 112 valence electrons. The second-order valence-corrected chi connectivity index (χ2v) is 4.63. The van der Waals surface area contributed by atoms with Gasteiger partial charge in [0.2, 0.25) is 0 Å². The molecule has 0 aliphatic heterocycles. The molecule has 2 amide bonds. The Balaban J connectivity index is 2.38. The monoisotopic (exact) mass is 281 g/mol. The van der Waals surface area contributed by atoms with Crippen molar-refractivity contribution in [2.24, 2.45) is 0 Å². The maximum atomic E-state index is 11.4. The molecule has 6 heteroatoms. The van der Waals surface area contributed by atoms with Gasteiger partial charge in [-0.3, -0.25) is 0 Å². The summed E-state index contributed by atoms with van der Waals surface area (Å²) >= 11 is 0. The topological polar surface area (TPSA) is 73.8 Å². The van der Waals surface area contributed by atoms with E-state index >= 15 is 0 Å². The van der Waals surface area contributed by atoms with Gasteiger partial charge in [0, 0.05) is 40.0 Å². The summed E-state index contributed by atoms with van der Waals surface area (Å²) in [7, 11) is 5.48. The molecule has 1 aromatic carbocycles. The van der Waals surface area contributed by atoms with Gasteiger partial charge < -0.3 is 25.4 Å². The van der Waals surface area contributed by atoms with Crippen LogP contribution in [-0.2, 0) is 4.74 Å². The van der Waals surface area contributed by atoms with E-state index in [1.54, 1.807) is 7.11 Å². The lowest BCUT2D eigenvalue weighted by Gasteiger charge is -2.16. The normalized spacial score (nSPS) is 11.8. The summed E-state index contributed by atoms with van der Waals surface area (Å²) in [5.74, 6) is 0. The first-order valence-electron chi connectivity index (χ1n) is 6.50. The highest BCUT2D eigenvalue weighted by molar-refractivity contribution is 5.73. The number of ether oxygens (including phenoxy) is 1. The standard InChI is InChI=1S/C14H23N3O3/c1-17(2)12-6-4-11(5-7-12)13(18)10-16-14(19)15-8-9-20-3/h4-7,13,18H,8-10H2,1-3H3,(H2,15,16,19)/t13-/m0/s1. The quantitative estimate of drug-likeness (QED) is 0.644. The van der Waals surface area contributed by atoms with Crippen LogP contribution in [0.3, 0.4) is 0 Å². The SMILES string of the molecule is COCCNC(=O)NC[C@H](O)c1ccc(N(C)C)cc1. The predicted molar refractivity (Wildman–Crippen MR) is 79.0 cm³/mol. The Kier molecular flexibility index (Phi) is 6.83. The van der Waals surface area contributed by atoms with Crippen molar-refractivity contribution in [2.45, 2.75) is 6.10 Å². The Morgan fingerprint density at radius 2 is 1.95 bits per heavy atom. The molecule has 0 aliphatic rings. The van der Waals surface area contributed by atoms with Gasteiger partial charge in [0.25, 0.3) is 0 Å². The molecule has 0 unspecified atom stereocenters. The van der Waals surface area contributed by atoms with E-state index in [9.17, 15) is 9.90 Å². The number of carbonyl (C=O) groups excluding carboxylic acids is 1. The van der Waals surface area contributed by atoms with Crippen molar-refractivity contribution < 1.29 is 14.6 Å². The zero-order valence-corrected chi connectivity index (χ0v) is 12.2. The first kappa shape index (κ1) is 16.3. The Labute approximate surface area is 119 Å². The molecule has 0 saturated carbocycles. The highest BCUT2D eigenvalue weighted by Crippen LogP contribution is 2.17. The van der Waals surface area contributed by atoms with Crippen LogP contribution in [0, 0.1) is 0 Å². The van der Waals surface area contributed by atoms with E-state index in [4.69, 9.17) is 4.74 Å². The van der Waals surface area contributed by atoms with E-state index in [1.165, 1.54) is 0 Å². The average Bonchev–Trinajstić information content (AvgIpc) is 2.45. The Hall–Kier alpha value is -1.79. The fourth-order valence-electron chi connectivity index (χ4n) is 1.63. The van der Waals surface area contributed by atoms with Gasteiger partial charge >= 0.3 is 6.03 Å². The maximum Gasteiger partial charge on any atom is 0.314 e. The van der Waals surface area contributed by atoms with E-state index in [1.807, 2.05) is 43.3 Å². The number of urea groups is 1. The Morgan fingerprint density at radius 3 is 2.50 bits per heavy atom. The lowest BCUT2D eigenvalue weighted by atomic mass is 10.1. The van der Waals surface area contributed by atoms with E-state index in [2.05, 4.69) is 10.6 Å². The predicted octanol–water partition coefficient (Wildman–Crippen LogP) is 0.732. The third-order valence-electron chi connectivity index (χ3n) is 2.84. The summed E-state index contributed by atoms with van der Waals surface area (Å²) < 4.78 is 4.82. The van der Waals surface area contributed by atoms with Crippen LogP contribution in [0.1, 0.15) is 11.7 Å². The van der Waals surface area contributed by atoms with Crippen LogP contribution in [0.4, 0.5) is 10.5 Å². The summed E-state index contributed by atoms with van der Waals surface area (Å²) in [6, 6.07) is 7.25. The van der Waals surface area contributed by atoms with Gasteiger partial charge in [-0.15, -0.1) is 0 Å². The minimum Gasteiger partial charge on any atom is -0.387 e. The van der Waals surface area contributed by atoms with Crippen molar-refractivity contribution in [3.63, 3.8) is 0 Å². The highest BCUT2D eigenvalue weighted by atomic mass is 16.5. The first-order chi connectivity index (χ1) is 9.54. The third kappa shape index (κ3) is 5.46. The van der Waals surface area contributed by atoms with Crippen LogP contribution in [0.25, 0.3) is 0 Å². The molecule has 0 radical (unpaired) electrons. The lowest BCUT2D eigenvalue weighted by Crippen LogP contribution is -2.39. The van der Waals surface area contributed by atoms with Crippen LogP contribution < -0.4 is 15.5 Å². The van der Waals surface area contributed by atoms with Gasteiger partial charge in [0.05, 0.1) is 12.7 Å². The van der Waals surface area contributed by atoms with Gasteiger partial charge in [0.15, 0.2) is 0 Å². The van der Waals surface area contributed by atoms with E-state index in [-0.39, 0.29) is 12.6 Å². The highest BCUT2D eigenvalue weighted by Gasteiger charge is 2.09. The summed E-state index contributed by atoms with van der Waals surface area (Å²) in [6.07, 6.45) is -0.723. The van der Waals surface area contributed by atoms with Crippen molar-refractivity contribution >= 4 is 11.7 Å². The van der Waals surface area contributed by atoms with Crippen molar-refractivity contribution in [3.8, 4) is 0 Å². The van der Waals surface area contributed by atoms with Gasteiger partial charge in [-0.05, 0) is 17.7 Å². The second-order valence-electron chi connectivity index (χ2n) is 4.63. The van der Waals surface area contributed by atoms with Gasteiger partial charge in [-0.1, -0.05) is 12.1 Å². The molecule has 1 atom stereocenters. The number of benzene rings is 1. The van der Waals surface area contributed by atoms with Crippen LogP contribution in [0.5, 0.6) is 0 Å². The molecule has 6 nitrogen and oxygen atoms in total. The molecule has 20 heavy (non-hydrogen) atoms. The molecule has 0 fully saturated rings.